The monoisotopic (exact) mass is 415 g/mol. The molecule has 4 heterocycles. The lowest BCUT2D eigenvalue weighted by atomic mass is 10.1. The highest BCUT2D eigenvalue weighted by Crippen LogP contribution is 2.26. The summed E-state index contributed by atoms with van der Waals surface area (Å²) in [7, 11) is 1.83. The van der Waals surface area contributed by atoms with Crippen molar-refractivity contribution in [3.63, 3.8) is 0 Å². The first-order valence-corrected chi connectivity index (χ1v) is 9.45. The van der Waals surface area contributed by atoms with E-state index in [1.807, 2.05) is 43.4 Å². The van der Waals surface area contributed by atoms with Crippen LogP contribution in [0.3, 0.4) is 0 Å². The van der Waals surface area contributed by atoms with Crippen LogP contribution in [0.2, 0.25) is 0 Å². The summed E-state index contributed by atoms with van der Waals surface area (Å²) in [6.45, 7) is 0.811. The molecule has 0 N–H and O–H groups in total. The fourth-order valence-corrected chi connectivity index (χ4v) is 3.09. The number of hydrogen-bond acceptors (Lipinski definition) is 9. The van der Waals surface area contributed by atoms with Crippen LogP contribution in [0.15, 0.2) is 65.7 Å². The van der Waals surface area contributed by atoms with Gasteiger partial charge in [0.2, 0.25) is 11.7 Å². The first kappa shape index (κ1) is 18.6. The molecule has 0 saturated carbocycles. The van der Waals surface area contributed by atoms with Crippen LogP contribution >= 0.6 is 0 Å². The lowest BCUT2D eigenvalue weighted by Crippen LogP contribution is -2.05. The van der Waals surface area contributed by atoms with Gasteiger partial charge in [0, 0.05) is 24.9 Å². The summed E-state index contributed by atoms with van der Waals surface area (Å²) in [4.78, 5) is 8.74. The second kappa shape index (κ2) is 8.14. The molecule has 0 spiro atoms. The number of rotatable bonds is 7. The SMILES string of the molecule is Cn1ncc(-c2nc(-c3cccc(Cn4cnnn4)c3)no2)c1COc1ccccn1. The van der Waals surface area contributed by atoms with Gasteiger partial charge in [0.1, 0.15) is 12.9 Å². The van der Waals surface area contributed by atoms with Gasteiger partial charge in [-0.2, -0.15) is 10.1 Å². The molecule has 0 aliphatic heterocycles. The van der Waals surface area contributed by atoms with E-state index in [9.17, 15) is 0 Å². The van der Waals surface area contributed by atoms with E-state index in [1.165, 1.54) is 0 Å². The molecule has 5 rings (SSSR count). The standard InChI is InChI=1S/C20H17N9O2/c1-28-17(12-30-18-7-2-3-8-21-18)16(10-23-28)20-24-19(25-31-20)15-6-4-5-14(9-15)11-29-13-22-26-27-29/h2-10,13H,11-12H2,1H3. The van der Waals surface area contributed by atoms with E-state index < -0.39 is 0 Å². The summed E-state index contributed by atoms with van der Waals surface area (Å²) in [5, 5.41) is 19.6. The van der Waals surface area contributed by atoms with Crippen LogP contribution in [0.1, 0.15) is 11.3 Å². The lowest BCUT2D eigenvalue weighted by Gasteiger charge is -2.06. The second-order valence-corrected chi connectivity index (χ2v) is 6.72. The number of benzene rings is 1. The van der Waals surface area contributed by atoms with Crippen molar-refractivity contribution in [2.45, 2.75) is 13.2 Å². The van der Waals surface area contributed by atoms with Gasteiger partial charge in [0.15, 0.2) is 0 Å². The van der Waals surface area contributed by atoms with Crippen LogP contribution < -0.4 is 4.74 Å². The summed E-state index contributed by atoms with van der Waals surface area (Å²) >= 11 is 0. The maximum atomic E-state index is 5.77. The third-order valence-corrected chi connectivity index (χ3v) is 4.63. The van der Waals surface area contributed by atoms with Crippen molar-refractivity contribution in [3.8, 4) is 28.7 Å². The Morgan fingerprint density at radius 1 is 1.13 bits per heavy atom. The van der Waals surface area contributed by atoms with E-state index in [2.05, 4.69) is 35.7 Å². The van der Waals surface area contributed by atoms with Crippen LogP contribution in [0.25, 0.3) is 22.8 Å². The van der Waals surface area contributed by atoms with Crippen LogP contribution in [0.5, 0.6) is 5.88 Å². The van der Waals surface area contributed by atoms with Crippen molar-refractivity contribution < 1.29 is 9.26 Å². The fourth-order valence-electron chi connectivity index (χ4n) is 3.09. The first-order chi connectivity index (χ1) is 15.3. The molecule has 0 unspecified atom stereocenters. The maximum Gasteiger partial charge on any atom is 0.261 e. The van der Waals surface area contributed by atoms with Crippen molar-refractivity contribution in [2.75, 3.05) is 0 Å². The van der Waals surface area contributed by atoms with E-state index >= 15 is 0 Å². The maximum absolute atomic E-state index is 5.77. The number of aromatic nitrogens is 9. The van der Waals surface area contributed by atoms with Gasteiger partial charge in [0.05, 0.1) is 24.0 Å². The molecule has 0 aliphatic rings. The summed E-state index contributed by atoms with van der Waals surface area (Å²) in [6, 6.07) is 13.3. The summed E-state index contributed by atoms with van der Waals surface area (Å²) in [5.41, 5.74) is 3.35. The van der Waals surface area contributed by atoms with Gasteiger partial charge in [-0.05, 0) is 28.1 Å². The zero-order chi connectivity index (χ0) is 21.0. The molecular weight excluding hydrogens is 398 g/mol. The number of hydrogen-bond donors (Lipinski definition) is 0. The average molecular weight is 415 g/mol. The average Bonchev–Trinajstić information content (AvgIpc) is 3.55. The van der Waals surface area contributed by atoms with E-state index in [0.29, 0.717) is 29.7 Å². The minimum absolute atomic E-state index is 0.266. The summed E-state index contributed by atoms with van der Waals surface area (Å²) in [6.07, 6.45) is 4.93. The molecule has 1 aromatic carbocycles. The lowest BCUT2D eigenvalue weighted by molar-refractivity contribution is 0.283. The quantitative estimate of drug-likeness (QED) is 0.393. The molecule has 0 fully saturated rings. The predicted molar refractivity (Wildman–Crippen MR) is 107 cm³/mol. The zero-order valence-electron chi connectivity index (χ0n) is 16.5. The number of aryl methyl sites for hydroxylation is 1. The zero-order valence-corrected chi connectivity index (χ0v) is 16.5. The molecule has 4 aromatic heterocycles. The minimum atomic E-state index is 0.266. The van der Waals surface area contributed by atoms with Crippen LogP contribution in [0, 0.1) is 0 Å². The largest absolute Gasteiger partial charge is 0.471 e. The third-order valence-electron chi connectivity index (χ3n) is 4.63. The second-order valence-electron chi connectivity index (χ2n) is 6.72. The van der Waals surface area contributed by atoms with E-state index in [0.717, 1.165) is 16.8 Å². The summed E-state index contributed by atoms with van der Waals surface area (Å²) in [5.74, 6) is 1.38. The van der Waals surface area contributed by atoms with Crippen LogP contribution in [0.4, 0.5) is 0 Å². The van der Waals surface area contributed by atoms with Crippen LogP contribution in [-0.2, 0) is 20.2 Å². The Bertz CT molecular complexity index is 1280. The van der Waals surface area contributed by atoms with Crippen molar-refractivity contribution >= 4 is 0 Å². The highest BCUT2D eigenvalue weighted by molar-refractivity contribution is 5.61. The molecule has 0 atom stereocenters. The molecule has 154 valence electrons. The number of pyridine rings is 1. The molecule has 0 saturated heterocycles. The predicted octanol–water partition coefficient (Wildman–Crippen LogP) is 2.15. The highest BCUT2D eigenvalue weighted by atomic mass is 16.5. The van der Waals surface area contributed by atoms with Gasteiger partial charge < -0.3 is 9.26 Å². The van der Waals surface area contributed by atoms with Crippen molar-refractivity contribution in [3.05, 3.63) is 72.4 Å². The molecule has 11 heteroatoms. The smallest absolute Gasteiger partial charge is 0.261 e. The van der Waals surface area contributed by atoms with Gasteiger partial charge in [-0.1, -0.05) is 29.4 Å². The van der Waals surface area contributed by atoms with Gasteiger partial charge in [-0.3, -0.25) is 4.68 Å². The van der Waals surface area contributed by atoms with Gasteiger partial charge in [-0.25, -0.2) is 9.67 Å². The topological polar surface area (TPSA) is 122 Å². The number of tetrazole rings is 1. The molecule has 0 aliphatic carbocycles. The van der Waals surface area contributed by atoms with Crippen molar-refractivity contribution in [1.82, 2.24) is 45.1 Å². The van der Waals surface area contributed by atoms with E-state index in [4.69, 9.17) is 9.26 Å². The van der Waals surface area contributed by atoms with E-state index in [1.54, 1.807) is 34.2 Å². The Kier molecular flexibility index (Phi) is 4.89. The molecule has 0 amide bonds. The molecule has 0 bridgehead atoms. The Balaban J connectivity index is 1.38. The van der Waals surface area contributed by atoms with Crippen LogP contribution in [-0.4, -0.2) is 45.1 Å². The normalized spacial score (nSPS) is 11.0. The fraction of sp³-hybridized carbons (Fsp3) is 0.150. The Labute approximate surface area is 176 Å². The van der Waals surface area contributed by atoms with Crippen molar-refractivity contribution in [2.24, 2.45) is 7.05 Å². The molecule has 0 radical (unpaired) electrons. The Hall–Kier alpha value is -4.41. The van der Waals surface area contributed by atoms with Gasteiger partial charge in [-0.15, -0.1) is 5.10 Å². The molecule has 11 nitrogen and oxygen atoms in total. The van der Waals surface area contributed by atoms with Crippen molar-refractivity contribution in [1.29, 1.82) is 0 Å². The number of nitrogens with zero attached hydrogens (tertiary/aromatic N) is 9. The molecule has 5 aromatic rings. The minimum Gasteiger partial charge on any atom is -0.471 e. The Morgan fingerprint density at radius 2 is 2.10 bits per heavy atom. The summed E-state index contributed by atoms with van der Waals surface area (Å²) < 4.78 is 14.7. The van der Waals surface area contributed by atoms with Gasteiger partial charge in [0.25, 0.3) is 5.89 Å². The third kappa shape index (κ3) is 4.01. The molecule has 31 heavy (non-hydrogen) atoms. The highest BCUT2D eigenvalue weighted by Gasteiger charge is 2.18. The Morgan fingerprint density at radius 3 is 2.94 bits per heavy atom. The number of ether oxygens (including phenoxy) is 1. The van der Waals surface area contributed by atoms with Gasteiger partial charge >= 0.3 is 0 Å². The first-order valence-electron chi connectivity index (χ1n) is 9.45. The molecular formula is C20H17N9O2. The van der Waals surface area contributed by atoms with E-state index in [-0.39, 0.29) is 6.61 Å².